The fourth-order valence-electron chi connectivity index (χ4n) is 3.35. The van der Waals surface area contributed by atoms with Crippen LogP contribution in [0.2, 0.25) is 0 Å². The van der Waals surface area contributed by atoms with Crippen LogP contribution in [0, 0.1) is 5.92 Å². The van der Waals surface area contributed by atoms with Gasteiger partial charge < -0.3 is 10.0 Å². The Balaban J connectivity index is 1.76. The Labute approximate surface area is 140 Å². The normalized spacial score (nSPS) is 16.8. The van der Waals surface area contributed by atoms with Crippen LogP contribution in [0.25, 0.3) is 0 Å². The number of carbonyl (C=O) groups is 1. The summed E-state index contributed by atoms with van der Waals surface area (Å²) >= 11 is 0. The minimum Gasteiger partial charge on any atom is -0.478 e. The Morgan fingerprint density at radius 3 is 2.74 bits per heavy atom. The molecule has 0 radical (unpaired) electrons. The topological polar surface area (TPSA) is 43.8 Å². The summed E-state index contributed by atoms with van der Waals surface area (Å²) in [5, 5.41) is 9.08. The van der Waals surface area contributed by atoms with Crippen molar-refractivity contribution in [2.45, 2.75) is 39.2 Å². The number of piperidine rings is 1. The van der Waals surface area contributed by atoms with E-state index in [1.807, 2.05) is 12.1 Å². The van der Waals surface area contributed by atoms with Gasteiger partial charge in [-0.3, -0.25) is 4.90 Å². The van der Waals surface area contributed by atoms with Crippen LogP contribution < -0.4 is 0 Å². The lowest BCUT2D eigenvalue weighted by molar-refractivity contribution is 0.0696. The Morgan fingerprint density at radius 1 is 1.35 bits per heavy atom. The number of rotatable bonds is 8. The lowest BCUT2D eigenvalue weighted by Crippen LogP contribution is -2.37. The minimum absolute atomic E-state index is 0.384. The van der Waals surface area contributed by atoms with Gasteiger partial charge in [0.1, 0.15) is 0 Å². The monoisotopic (exact) mass is 318 g/mol. The van der Waals surface area contributed by atoms with E-state index in [0.717, 1.165) is 31.1 Å². The Hall–Kier alpha value is -1.39. The van der Waals surface area contributed by atoms with E-state index in [1.165, 1.54) is 38.8 Å². The predicted molar refractivity (Wildman–Crippen MR) is 93.8 cm³/mol. The molecule has 1 N–H and O–H groups in total. The molecule has 1 fully saturated rings. The van der Waals surface area contributed by atoms with Crippen LogP contribution in [0.3, 0.4) is 0 Å². The molecule has 128 valence electrons. The van der Waals surface area contributed by atoms with Crippen molar-refractivity contribution in [2.75, 3.05) is 33.2 Å². The van der Waals surface area contributed by atoms with Crippen LogP contribution in [0.1, 0.15) is 48.5 Å². The number of carboxylic acids is 1. The Bertz CT molecular complexity index is 496. The third-order valence-electron chi connectivity index (χ3n) is 4.75. The zero-order valence-corrected chi connectivity index (χ0v) is 14.5. The first-order valence-corrected chi connectivity index (χ1v) is 8.81. The van der Waals surface area contributed by atoms with Gasteiger partial charge in [-0.2, -0.15) is 0 Å². The first kappa shape index (κ1) is 18.0. The Morgan fingerprint density at radius 2 is 2.09 bits per heavy atom. The van der Waals surface area contributed by atoms with Gasteiger partial charge in [-0.05, 0) is 69.6 Å². The van der Waals surface area contributed by atoms with Crippen molar-refractivity contribution < 1.29 is 9.90 Å². The molecule has 1 saturated heterocycles. The molecule has 1 heterocycles. The van der Waals surface area contributed by atoms with Crippen LogP contribution in [-0.2, 0) is 6.54 Å². The summed E-state index contributed by atoms with van der Waals surface area (Å²) in [7, 11) is 2.24. The molecular formula is C19H30N2O2. The summed E-state index contributed by atoms with van der Waals surface area (Å²) in [6, 6.07) is 7.32. The van der Waals surface area contributed by atoms with Gasteiger partial charge in [-0.1, -0.05) is 25.5 Å². The van der Waals surface area contributed by atoms with E-state index in [1.54, 1.807) is 12.1 Å². The molecule has 1 aliphatic heterocycles. The van der Waals surface area contributed by atoms with Crippen molar-refractivity contribution in [3.63, 3.8) is 0 Å². The molecule has 0 bridgehead atoms. The van der Waals surface area contributed by atoms with Crippen LogP contribution in [0.15, 0.2) is 24.3 Å². The summed E-state index contributed by atoms with van der Waals surface area (Å²) < 4.78 is 0. The molecule has 0 aromatic heterocycles. The maximum atomic E-state index is 11.0. The van der Waals surface area contributed by atoms with Crippen LogP contribution >= 0.6 is 0 Å². The molecule has 23 heavy (non-hydrogen) atoms. The largest absolute Gasteiger partial charge is 0.478 e. The molecular weight excluding hydrogens is 288 g/mol. The van der Waals surface area contributed by atoms with Crippen molar-refractivity contribution in [3.8, 4) is 0 Å². The molecule has 4 nitrogen and oxygen atoms in total. The summed E-state index contributed by atoms with van der Waals surface area (Å²) in [6.45, 7) is 7.75. The molecule has 0 saturated carbocycles. The van der Waals surface area contributed by atoms with Crippen molar-refractivity contribution in [1.29, 1.82) is 0 Å². The zero-order valence-electron chi connectivity index (χ0n) is 14.5. The molecule has 0 aliphatic carbocycles. The minimum atomic E-state index is -0.847. The summed E-state index contributed by atoms with van der Waals surface area (Å²) in [5.74, 6) is -0.0425. The number of hydrogen-bond acceptors (Lipinski definition) is 3. The summed E-state index contributed by atoms with van der Waals surface area (Å²) in [6.07, 6.45) is 5.04. The number of nitrogens with zero attached hydrogens (tertiary/aromatic N) is 2. The fraction of sp³-hybridized carbons (Fsp3) is 0.632. The van der Waals surface area contributed by atoms with Crippen LogP contribution in [-0.4, -0.2) is 54.1 Å². The fourth-order valence-corrected chi connectivity index (χ4v) is 3.35. The molecule has 0 atom stereocenters. The standard InChI is InChI=1S/C19H30N2O2/c1-3-4-10-20(2)14-16-8-11-21(12-9-16)15-17-6-5-7-18(13-17)19(22)23/h5-7,13,16H,3-4,8-12,14-15H2,1-2H3,(H,22,23). The van der Waals surface area contributed by atoms with E-state index in [0.29, 0.717) is 5.56 Å². The summed E-state index contributed by atoms with van der Waals surface area (Å²) in [4.78, 5) is 16.0. The highest BCUT2D eigenvalue weighted by Crippen LogP contribution is 2.20. The lowest BCUT2D eigenvalue weighted by atomic mass is 9.95. The smallest absolute Gasteiger partial charge is 0.335 e. The van der Waals surface area contributed by atoms with E-state index in [9.17, 15) is 4.79 Å². The first-order chi connectivity index (χ1) is 11.1. The van der Waals surface area contributed by atoms with Gasteiger partial charge in [0, 0.05) is 13.1 Å². The summed E-state index contributed by atoms with van der Waals surface area (Å²) in [5.41, 5.74) is 1.48. The van der Waals surface area contributed by atoms with E-state index < -0.39 is 5.97 Å². The highest BCUT2D eigenvalue weighted by Gasteiger charge is 2.20. The van der Waals surface area contributed by atoms with E-state index in [-0.39, 0.29) is 0 Å². The number of unbranched alkanes of at least 4 members (excludes halogenated alkanes) is 1. The van der Waals surface area contributed by atoms with Crippen molar-refractivity contribution in [2.24, 2.45) is 5.92 Å². The quantitative estimate of drug-likeness (QED) is 0.798. The number of aromatic carboxylic acids is 1. The zero-order chi connectivity index (χ0) is 16.7. The van der Waals surface area contributed by atoms with Crippen molar-refractivity contribution in [3.05, 3.63) is 35.4 Å². The molecule has 0 amide bonds. The SMILES string of the molecule is CCCCN(C)CC1CCN(Cc2cccc(C(=O)O)c2)CC1. The number of likely N-dealkylation sites (tertiary alicyclic amines) is 1. The molecule has 0 spiro atoms. The van der Waals surface area contributed by atoms with Crippen molar-refractivity contribution in [1.82, 2.24) is 9.80 Å². The molecule has 1 aliphatic rings. The second kappa shape index (κ2) is 9.04. The van der Waals surface area contributed by atoms with Gasteiger partial charge >= 0.3 is 5.97 Å². The highest BCUT2D eigenvalue weighted by atomic mass is 16.4. The van der Waals surface area contributed by atoms with E-state index in [4.69, 9.17) is 5.11 Å². The number of hydrogen-bond donors (Lipinski definition) is 1. The third-order valence-corrected chi connectivity index (χ3v) is 4.75. The highest BCUT2D eigenvalue weighted by molar-refractivity contribution is 5.87. The van der Waals surface area contributed by atoms with Gasteiger partial charge in [0.15, 0.2) is 0 Å². The molecule has 2 rings (SSSR count). The third kappa shape index (κ3) is 5.96. The predicted octanol–water partition coefficient (Wildman–Crippen LogP) is 3.33. The van der Waals surface area contributed by atoms with Gasteiger partial charge in [-0.25, -0.2) is 4.79 Å². The average Bonchev–Trinajstić information content (AvgIpc) is 2.55. The maximum Gasteiger partial charge on any atom is 0.335 e. The average molecular weight is 318 g/mol. The second-order valence-electron chi connectivity index (χ2n) is 6.84. The molecule has 0 unspecified atom stereocenters. The van der Waals surface area contributed by atoms with Crippen LogP contribution in [0.4, 0.5) is 0 Å². The number of carboxylic acid groups (broad SMARTS) is 1. The van der Waals surface area contributed by atoms with Gasteiger partial charge in [0.2, 0.25) is 0 Å². The van der Waals surface area contributed by atoms with Gasteiger partial charge in [0.05, 0.1) is 5.56 Å². The lowest BCUT2D eigenvalue weighted by Gasteiger charge is -2.34. The first-order valence-electron chi connectivity index (χ1n) is 8.81. The number of benzene rings is 1. The maximum absolute atomic E-state index is 11.0. The second-order valence-corrected chi connectivity index (χ2v) is 6.84. The van der Waals surface area contributed by atoms with E-state index >= 15 is 0 Å². The molecule has 1 aromatic rings. The molecule has 1 aromatic carbocycles. The van der Waals surface area contributed by atoms with Crippen molar-refractivity contribution >= 4 is 5.97 Å². The van der Waals surface area contributed by atoms with Gasteiger partial charge in [-0.15, -0.1) is 0 Å². The van der Waals surface area contributed by atoms with E-state index in [2.05, 4.69) is 23.8 Å². The Kier molecular flexibility index (Phi) is 7.06. The van der Waals surface area contributed by atoms with Gasteiger partial charge in [0.25, 0.3) is 0 Å². The molecule has 4 heteroatoms. The van der Waals surface area contributed by atoms with Crippen LogP contribution in [0.5, 0.6) is 0 Å².